The van der Waals surface area contributed by atoms with Crippen molar-refractivity contribution in [2.24, 2.45) is 0 Å². The summed E-state index contributed by atoms with van der Waals surface area (Å²) in [7, 11) is -3.31. The second kappa shape index (κ2) is 5.32. The number of amides is 1. The molecule has 2 aliphatic rings. The molecule has 6 nitrogen and oxygen atoms in total. The Kier molecular flexibility index (Phi) is 4.01. The third-order valence-corrected chi connectivity index (χ3v) is 5.12. The molecular formula is C10H19N3O3S. The number of hydrogen-bond acceptors (Lipinski definition) is 4. The molecule has 2 N–H and O–H groups in total. The van der Waals surface area contributed by atoms with Crippen molar-refractivity contribution >= 4 is 15.9 Å². The minimum atomic E-state index is -3.31. The van der Waals surface area contributed by atoms with Crippen LogP contribution in [0.4, 0.5) is 0 Å². The highest BCUT2D eigenvalue weighted by molar-refractivity contribution is 7.89. The van der Waals surface area contributed by atoms with Crippen LogP contribution >= 0.6 is 0 Å². The molecule has 2 rings (SSSR count). The van der Waals surface area contributed by atoms with Gasteiger partial charge < -0.3 is 10.6 Å². The minimum Gasteiger partial charge on any atom is -0.355 e. The Morgan fingerprint density at radius 1 is 1.29 bits per heavy atom. The Hall–Kier alpha value is -0.660. The molecule has 2 fully saturated rings. The van der Waals surface area contributed by atoms with Crippen LogP contribution in [-0.4, -0.2) is 56.6 Å². The second-order valence-electron chi connectivity index (χ2n) is 4.61. The van der Waals surface area contributed by atoms with Crippen LogP contribution in [0, 0.1) is 0 Å². The first-order valence-electron chi connectivity index (χ1n) is 6.06. The van der Waals surface area contributed by atoms with Gasteiger partial charge >= 0.3 is 0 Å². The maximum absolute atomic E-state index is 12.1. The molecule has 0 spiro atoms. The van der Waals surface area contributed by atoms with E-state index in [9.17, 15) is 13.2 Å². The third kappa shape index (κ3) is 3.40. The zero-order valence-corrected chi connectivity index (χ0v) is 10.6. The topological polar surface area (TPSA) is 78.5 Å². The van der Waals surface area contributed by atoms with Gasteiger partial charge in [-0.3, -0.25) is 4.79 Å². The molecule has 0 aliphatic carbocycles. The molecule has 2 saturated heterocycles. The fraction of sp³-hybridized carbons (Fsp3) is 0.900. The zero-order valence-electron chi connectivity index (χ0n) is 9.81. The van der Waals surface area contributed by atoms with E-state index in [1.165, 1.54) is 4.31 Å². The predicted octanol–water partition coefficient (Wildman–Crippen LogP) is -1.11. The Bertz CT molecular complexity index is 376. The first-order valence-corrected chi connectivity index (χ1v) is 7.67. The molecule has 2 aliphatic heterocycles. The van der Waals surface area contributed by atoms with Crippen LogP contribution in [0.5, 0.6) is 0 Å². The summed E-state index contributed by atoms with van der Waals surface area (Å²) in [6, 6.07) is 0.0475. The lowest BCUT2D eigenvalue weighted by atomic mass is 10.3. The number of carbonyl (C=O) groups excluding carboxylic acids is 1. The number of sulfonamides is 1. The SMILES string of the molecule is O=C1CN(S(=O)(=O)CC2CCCN2)CCCN1. The quantitative estimate of drug-likeness (QED) is 0.675. The van der Waals surface area contributed by atoms with E-state index in [4.69, 9.17) is 0 Å². The smallest absolute Gasteiger partial charge is 0.235 e. The fourth-order valence-electron chi connectivity index (χ4n) is 2.27. The molecule has 0 radical (unpaired) electrons. The second-order valence-corrected chi connectivity index (χ2v) is 6.62. The Morgan fingerprint density at radius 2 is 2.12 bits per heavy atom. The third-order valence-electron chi connectivity index (χ3n) is 3.19. The van der Waals surface area contributed by atoms with Gasteiger partial charge in [0.05, 0.1) is 12.3 Å². The molecule has 1 amide bonds. The molecule has 1 atom stereocenters. The van der Waals surface area contributed by atoms with Gasteiger partial charge in [0.15, 0.2) is 0 Å². The van der Waals surface area contributed by atoms with Crippen LogP contribution in [0.25, 0.3) is 0 Å². The van der Waals surface area contributed by atoms with Gasteiger partial charge in [0.25, 0.3) is 0 Å². The van der Waals surface area contributed by atoms with Gasteiger partial charge in [0.2, 0.25) is 15.9 Å². The lowest BCUT2D eigenvalue weighted by Gasteiger charge is -2.21. The summed E-state index contributed by atoms with van der Waals surface area (Å²) in [4.78, 5) is 11.3. The molecule has 98 valence electrons. The van der Waals surface area contributed by atoms with Crippen molar-refractivity contribution in [1.29, 1.82) is 0 Å². The summed E-state index contributed by atoms with van der Waals surface area (Å²) in [5.41, 5.74) is 0. The number of rotatable bonds is 3. The van der Waals surface area contributed by atoms with E-state index in [-0.39, 0.29) is 24.2 Å². The first-order chi connectivity index (χ1) is 8.08. The highest BCUT2D eigenvalue weighted by atomic mass is 32.2. The Balaban J connectivity index is 1.99. The average molecular weight is 261 g/mol. The molecule has 17 heavy (non-hydrogen) atoms. The summed E-state index contributed by atoms with van der Waals surface area (Å²) in [6.07, 6.45) is 2.61. The number of nitrogens with one attached hydrogen (secondary N) is 2. The predicted molar refractivity (Wildman–Crippen MR) is 64.0 cm³/mol. The van der Waals surface area contributed by atoms with Crippen LogP contribution in [0.3, 0.4) is 0 Å². The number of carbonyl (C=O) groups is 1. The van der Waals surface area contributed by atoms with E-state index in [0.717, 1.165) is 19.4 Å². The lowest BCUT2D eigenvalue weighted by molar-refractivity contribution is -0.120. The van der Waals surface area contributed by atoms with Crippen molar-refractivity contribution in [3.05, 3.63) is 0 Å². The van der Waals surface area contributed by atoms with Crippen LogP contribution in [0.1, 0.15) is 19.3 Å². The standard InChI is InChI=1S/C10H19N3O3S/c14-10-7-13(6-2-5-12-10)17(15,16)8-9-3-1-4-11-9/h9,11H,1-8H2,(H,12,14). The summed E-state index contributed by atoms with van der Waals surface area (Å²) < 4.78 is 25.6. The van der Waals surface area contributed by atoms with Crippen LogP contribution < -0.4 is 10.6 Å². The molecule has 0 aromatic carbocycles. The van der Waals surface area contributed by atoms with Gasteiger partial charge in [-0.25, -0.2) is 8.42 Å². The normalized spacial score (nSPS) is 27.8. The summed E-state index contributed by atoms with van der Waals surface area (Å²) in [6.45, 7) is 1.86. The zero-order chi connectivity index (χ0) is 12.3. The highest BCUT2D eigenvalue weighted by Crippen LogP contribution is 2.12. The number of hydrogen-bond donors (Lipinski definition) is 2. The monoisotopic (exact) mass is 261 g/mol. The van der Waals surface area contributed by atoms with E-state index in [1.807, 2.05) is 0 Å². The molecule has 0 saturated carbocycles. The van der Waals surface area contributed by atoms with Crippen molar-refractivity contribution in [1.82, 2.24) is 14.9 Å². The van der Waals surface area contributed by atoms with Gasteiger partial charge in [0.1, 0.15) is 0 Å². The minimum absolute atomic E-state index is 0.0327. The molecule has 1 unspecified atom stereocenters. The van der Waals surface area contributed by atoms with E-state index >= 15 is 0 Å². The largest absolute Gasteiger partial charge is 0.355 e. The van der Waals surface area contributed by atoms with Crippen molar-refractivity contribution < 1.29 is 13.2 Å². The maximum atomic E-state index is 12.1. The van der Waals surface area contributed by atoms with Gasteiger partial charge in [0, 0.05) is 19.1 Å². The first kappa shape index (κ1) is 12.8. The van der Waals surface area contributed by atoms with Crippen molar-refractivity contribution in [2.45, 2.75) is 25.3 Å². The Labute approximate surface area is 102 Å². The van der Waals surface area contributed by atoms with E-state index in [2.05, 4.69) is 10.6 Å². The molecule has 2 heterocycles. The van der Waals surface area contributed by atoms with Crippen molar-refractivity contribution in [2.75, 3.05) is 31.9 Å². The molecule has 0 bridgehead atoms. The van der Waals surface area contributed by atoms with Crippen molar-refractivity contribution in [3.63, 3.8) is 0 Å². The summed E-state index contributed by atoms with van der Waals surface area (Å²) in [5, 5.41) is 5.85. The molecular weight excluding hydrogens is 242 g/mol. The van der Waals surface area contributed by atoms with Crippen LogP contribution in [0.2, 0.25) is 0 Å². The molecule has 7 heteroatoms. The van der Waals surface area contributed by atoms with E-state index < -0.39 is 10.0 Å². The summed E-state index contributed by atoms with van der Waals surface area (Å²) in [5.74, 6) is -0.0919. The van der Waals surface area contributed by atoms with Gasteiger partial charge in [-0.1, -0.05) is 0 Å². The maximum Gasteiger partial charge on any atom is 0.235 e. The van der Waals surface area contributed by atoms with E-state index in [1.54, 1.807) is 0 Å². The van der Waals surface area contributed by atoms with Crippen LogP contribution in [-0.2, 0) is 14.8 Å². The van der Waals surface area contributed by atoms with Gasteiger partial charge in [-0.2, -0.15) is 4.31 Å². The number of nitrogens with zero attached hydrogens (tertiary/aromatic N) is 1. The fourth-order valence-corrected chi connectivity index (χ4v) is 4.00. The lowest BCUT2D eigenvalue weighted by Crippen LogP contribution is -2.42. The van der Waals surface area contributed by atoms with Gasteiger partial charge in [-0.05, 0) is 25.8 Å². The van der Waals surface area contributed by atoms with Crippen molar-refractivity contribution in [3.8, 4) is 0 Å². The van der Waals surface area contributed by atoms with Gasteiger partial charge in [-0.15, -0.1) is 0 Å². The highest BCUT2D eigenvalue weighted by Gasteiger charge is 2.29. The van der Waals surface area contributed by atoms with Crippen LogP contribution in [0.15, 0.2) is 0 Å². The van der Waals surface area contributed by atoms with E-state index in [0.29, 0.717) is 19.5 Å². The molecule has 0 aromatic heterocycles. The Morgan fingerprint density at radius 3 is 2.82 bits per heavy atom. The average Bonchev–Trinajstić information content (AvgIpc) is 2.64. The molecule has 0 aromatic rings. The summed E-state index contributed by atoms with van der Waals surface area (Å²) >= 11 is 0.